The SMILES string of the molecule is CCC1OC(=O)C=CC(C)C(O)C(C)CC(C)C(=O)C=CC=CC1COC1OC(C)C(O)C(O)C1O. The second-order valence-corrected chi connectivity index (χ2v) is 10.0. The van der Waals surface area contributed by atoms with Crippen LogP contribution in [0.2, 0.25) is 0 Å². The van der Waals surface area contributed by atoms with Crippen LogP contribution in [0.3, 0.4) is 0 Å². The van der Waals surface area contributed by atoms with Gasteiger partial charge in [-0.25, -0.2) is 4.79 Å². The number of hydrogen-bond donors (Lipinski definition) is 4. The summed E-state index contributed by atoms with van der Waals surface area (Å²) in [5, 5.41) is 40.8. The third kappa shape index (κ3) is 8.33. The molecule has 1 fully saturated rings. The van der Waals surface area contributed by atoms with E-state index in [0.717, 1.165) is 0 Å². The molecule has 204 valence electrons. The number of carbonyl (C=O) groups is 2. The maximum Gasteiger partial charge on any atom is 0.330 e. The molecule has 0 radical (unpaired) electrons. The fourth-order valence-corrected chi connectivity index (χ4v) is 4.50. The van der Waals surface area contributed by atoms with Crippen LogP contribution in [0.1, 0.15) is 47.5 Å². The molecule has 0 aromatic rings. The molecule has 0 bridgehead atoms. The smallest absolute Gasteiger partial charge is 0.330 e. The van der Waals surface area contributed by atoms with Gasteiger partial charge in [-0.3, -0.25) is 4.79 Å². The number of ether oxygens (including phenoxy) is 3. The number of rotatable bonds is 4. The Morgan fingerprint density at radius 3 is 2.28 bits per heavy atom. The first-order chi connectivity index (χ1) is 17.0. The number of aliphatic hydroxyl groups is 4. The molecule has 2 aliphatic heterocycles. The number of aliphatic hydroxyl groups excluding tert-OH is 4. The molecular formula is C27H42O9. The number of ketones is 1. The summed E-state index contributed by atoms with van der Waals surface area (Å²) in [5.74, 6) is -1.80. The molecule has 0 aliphatic carbocycles. The van der Waals surface area contributed by atoms with Crippen LogP contribution in [0.15, 0.2) is 36.5 Å². The van der Waals surface area contributed by atoms with Crippen LogP contribution >= 0.6 is 0 Å². The maximum absolute atomic E-state index is 12.6. The fourth-order valence-electron chi connectivity index (χ4n) is 4.50. The third-order valence-corrected chi connectivity index (χ3v) is 7.01. The Hall–Kier alpha value is -1.88. The third-order valence-electron chi connectivity index (χ3n) is 7.01. The average molecular weight is 511 g/mol. The van der Waals surface area contributed by atoms with Gasteiger partial charge in [-0.05, 0) is 31.8 Å². The van der Waals surface area contributed by atoms with Crippen molar-refractivity contribution in [3.8, 4) is 0 Å². The molecule has 36 heavy (non-hydrogen) atoms. The van der Waals surface area contributed by atoms with E-state index in [1.165, 1.54) is 12.2 Å². The summed E-state index contributed by atoms with van der Waals surface area (Å²) in [6.45, 7) is 8.91. The van der Waals surface area contributed by atoms with Gasteiger partial charge in [-0.1, -0.05) is 52.0 Å². The van der Waals surface area contributed by atoms with Crippen molar-refractivity contribution in [2.75, 3.05) is 6.61 Å². The number of hydrogen-bond acceptors (Lipinski definition) is 9. The summed E-state index contributed by atoms with van der Waals surface area (Å²) in [6.07, 6.45) is 3.04. The lowest BCUT2D eigenvalue weighted by Crippen LogP contribution is -2.57. The van der Waals surface area contributed by atoms with Crippen molar-refractivity contribution in [3.05, 3.63) is 36.5 Å². The van der Waals surface area contributed by atoms with Crippen LogP contribution in [-0.4, -0.2) is 81.7 Å². The minimum Gasteiger partial charge on any atom is -0.459 e. The summed E-state index contributed by atoms with van der Waals surface area (Å²) in [5.41, 5.74) is 0. The Labute approximate surface area is 213 Å². The Kier molecular flexibility index (Phi) is 11.9. The van der Waals surface area contributed by atoms with Gasteiger partial charge < -0.3 is 34.6 Å². The molecule has 0 aromatic carbocycles. The summed E-state index contributed by atoms with van der Waals surface area (Å²) >= 11 is 0. The van der Waals surface area contributed by atoms with Crippen LogP contribution < -0.4 is 0 Å². The van der Waals surface area contributed by atoms with Crippen molar-refractivity contribution in [2.45, 2.75) is 90.4 Å². The van der Waals surface area contributed by atoms with E-state index >= 15 is 0 Å². The van der Waals surface area contributed by atoms with Crippen LogP contribution in [0, 0.1) is 23.7 Å². The van der Waals surface area contributed by atoms with E-state index in [1.54, 1.807) is 38.2 Å². The first-order valence-electron chi connectivity index (χ1n) is 12.7. The lowest BCUT2D eigenvalue weighted by Gasteiger charge is -2.39. The summed E-state index contributed by atoms with van der Waals surface area (Å²) in [7, 11) is 0. The zero-order chi connectivity index (χ0) is 27.0. The molecule has 2 heterocycles. The summed E-state index contributed by atoms with van der Waals surface area (Å²) < 4.78 is 16.9. The molecule has 0 amide bonds. The second kappa shape index (κ2) is 14.2. The predicted octanol–water partition coefficient (Wildman–Crippen LogP) is 1.68. The number of allylic oxidation sites excluding steroid dienone is 3. The van der Waals surface area contributed by atoms with E-state index in [0.29, 0.717) is 12.8 Å². The average Bonchev–Trinajstić information content (AvgIpc) is 2.85. The van der Waals surface area contributed by atoms with Crippen molar-refractivity contribution < 1.29 is 44.2 Å². The minimum atomic E-state index is -1.45. The molecule has 11 atom stereocenters. The lowest BCUT2D eigenvalue weighted by molar-refractivity contribution is -0.295. The molecule has 9 nitrogen and oxygen atoms in total. The monoisotopic (exact) mass is 510 g/mol. The van der Waals surface area contributed by atoms with E-state index in [2.05, 4.69) is 0 Å². The van der Waals surface area contributed by atoms with Gasteiger partial charge in [0.05, 0.1) is 18.8 Å². The Morgan fingerprint density at radius 1 is 0.917 bits per heavy atom. The second-order valence-electron chi connectivity index (χ2n) is 10.0. The van der Waals surface area contributed by atoms with Gasteiger partial charge in [0.1, 0.15) is 24.4 Å². The summed E-state index contributed by atoms with van der Waals surface area (Å²) in [6, 6.07) is 0. The van der Waals surface area contributed by atoms with E-state index < -0.39 is 54.8 Å². The van der Waals surface area contributed by atoms with Gasteiger partial charge in [0.25, 0.3) is 0 Å². The van der Waals surface area contributed by atoms with Crippen molar-refractivity contribution in [3.63, 3.8) is 0 Å². The van der Waals surface area contributed by atoms with E-state index in [4.69, 9.17) is 14.2 Å². The Bertz CT molecular complexity index is 807. The highest BCUT2D eigenvalue weighted by molar-refractivity contribution is 5.91. The molecule has 2 aliphatic rings. The standard InChI is InChI=1S/C27H42O9/c1-6-21-19(14-34-27-26(33)25(32)24(31)18(5)35-27)9-7-8-10-20(28)16(3)13-17(4)23(30)15(2)11-12-22(29)36-21/h7-12,15-19,21,23-27,30-33H,6,13-14H2,1-5H3. The molecule has 0 saturated carbocycles. The Morgan fingerprint density at radius 2 is 1.61 bits per heavy atom. The van der Waals surface area contributed by atoms with Crippen LogP contribution in [0.4, 0.5) is 0 Å². The van der Waals surface area contributed by atoms with Crippen LogP contribution in [0.25, 0.3) is 0 Å². The molecule has 0 aromatic heterocycles. The molecular weight excluding hydrogens is 468 g/mol. The number of carbonyl (C=O) groups excluding carboxylic acids is 2. The molecule has 2 rings (SSSR count). The number of cyclic esters (lactones) is 1. The van der Waals surface area contributed by atoms with Crippen molar-refractivity contribution in [2.24, 2.45) is 23.7 Å². The first-order valence-corrected chi connectivity index (χ1v) is 12.7. The van der Waals surface area contributed by atoms with Crippen LogP contribution in [-0.2, 0) is 23.8 Å². The quantitative estimate of drug-likeness (QED) is 0.415. The zero-order valence-electron chi connectivity index (χ0n) is 21.8. The molecule has 11 unspecified atom stereocenters. The minimum absolute atomic E-state index is 0.0198. The highest BCUT2D eigenvalue weighted by atomic mass is 16.7. The maximum atomic E-state index is 12.6. The molecule has 1 saturated heterocycles. The normalized spacial score (nSPS) is 41.3. The first kappa shape index (κ1) is 30.3. The van der Waals surface area contributed by atoms with Gasteiger partial charge in [-0.15, -0.1) is 0 Å². The lowest BCUT2D eigenvalue weighted by atomic mass is 9.85. The topological polar surface area (TPSA) is 143 Å². The predicted molar refractivity (Wildman–Crippen MR) is 133 cm³/mol. The largest absolute Gasteiger partial charge is 0.459 e. The van der Waals surface area contributed by atoms with Crippen molar-refractivity contribution in [1.29, 1.82) is 0 Å². The van der Waals surface area contributed by atoms with Gasteiger partial charge in [0, 0.05) is 23.8 Å². The highest BCUT2D eigenvalue weighted by Gasteiger charge is 2.42. The molecule has 0 spiro atoms. The van der Waals surface area contributed by atoms with Crippen molar-refractivity contribution >= 4 is 11.8 Å². The molecule has 9 heteroatoms. The zero-order valence-corrected chi connectivity index (χ0v) is 21.8. The fraction of sp³-hybridized carbons (Fsp3) is 0.704. The van der Waals surface area contributed by atoms with E-state index in [1.807, 2.05) is 20.8 Å². The summed E-state index contributed by atoms with van der Waals surface area (Å²) in [4.78, 5) is 25.1. The highest BCUT2D eigenvalue weighted by Crippen LogP contribution is 2.25. The Balaban J connectivity index is 2.24. The number of esters is 1. The van der Waals surface area contributed by atoms with Crippen LogP contribution in [0.5, 0.6) is 0 Å². The molecule has 4 N–H and O–H groups in total. The van der Waals surface area contributed by atoms with Gasteiger partial charge in [0.15, 0.2) is 12.1 Å². The van der Waals surface area contributed by atoms with Gasteiger partial charge >= 0.3 is 5.97 Å². The van der Waals surface area contributed by atoms with Gasteiger partial charge in [-0.2, -0.15) is 0 Å². The van der Waals surface area contributed by atoms with Crippen molar-refractivity contribution in [1.82, 2.24) is 0 Å². The van der Waals surface area contributed by atoms with E-state index in [-0.39, 0.29) is 30.1 Å². The van der Waals surface area contributed by atoms with E-state index in [9.17, 15) is 30.0 Å². The van der Waals surface area contributed by atoms with Gasteiger partial charge in [0.2, 0.25) is 0 Å².